The molecule has 0 bridgehead atoms. The number of benzene rings is 1. The van der Waals surface area contributed by atoms with E-state index in [4.69, 9.17) is 11.6 Å². The zero-order valence-corrected chi connectivity index (χ0v) is 10.3. The van der Waals surface area contributed by atoms with Crippen molar-refractivity contribution in [2.75, 3.05) is 0 Å². The molecule has 2 aromatic rings. The van der Waals surface area contributed by atoms with Crippen molar-refractivity contribution in [3.8, 4) is 0 Å². The Balaban J connectivity index is 2.20. The summed E-state index contributed by atoms with van der Waals surface area (Å²) < 4.78 is 0. The summed E-state index contributed by atoms with van der Waals surface area (Å²) in [6.07, 6.45) is 4.31. The van der Waals surface area contributed by atoms with Crippen LogP contribution in [0.4, 0.5) is 0 Å². The zero-order valence-electron chi connectivity index (χ0n) is 9.50. The highest BCUT2D eigenvalue weighted by atomic mass is 35.5. The van der Waals surface area contributed by atoms with Crippen LogP contribution in [-0.2, 0) is 6.42 Å². The first-order valence-electron chi connectivity index (χ1n) is 5.36. The van der Waals surface area contributed by atoms with Crippen LogP contribution in [0.1, 0.15) is 27.9 Å². The summed E-state index contributed by atoms with van der Waals surface area (Å²) in [5.74, 6) is 0.931. The van der Waals surface area contributed by atoms with Crippen molar-refractivity contribution in [3.05, 3.63) is 53.1 Å². The minimum atomic E-state index is -0.0222. The van der Waals surface area contributed by atoms with E-state index in [1.807, 2.05) is 6.20 Å². The molecular weight excluding hydrogens is 220 g/mol. The molecule has 0 aliphatic rings. The Morgan fingerprint density at radius 3 is 2.88 bits per heavy atom. The van der Waals surface area contributed by atoms with Crippen molar-refractivity contribution in [2.45, 2.75) is 25.6 Å². The molecular formula is C13H15ClN2. The summed E-state index contributed by atoms with van der Waals surface area (Å²) in [7, 11) is 0. The molecule has 0 aliphatic carbocycles. The van der Waals surface area contributed by atoms with Gasteiger partial charge in [0, 0.05) is 18.8 Å². The number of nitrogens with one attached hydrogen (secondary N) is 1. The molecule has 84 valence electrons. The number of hydrogen-bond donors (Lipinski definition) is 1. The first-order valence-corrected chi connectivity index (χ1v) is 5.80. The molecule has 0 saturated carbocycles. The molecule has 0 saturated heterocycles. The third kappa shape index (κ3) is 2.45. The number of halogens is 1. The smallest absolute Gasteiger partial charge is 0.107 e. The van der Waals surface area contributed by atoms with Crippen LogP contribution in [0.5, 0.6) is 0 Å². The molecule has 16 heavy (non-hydrogen) atoms. The van der Waals surface area contributed by atoms with E-state index in [0.717, 1.165) is 12.2 Å². The van der Waals surface area contributed by atoms with Crippen LogP contribution in [0.15, 0.2) is 30.6 Å². The fourth-order valence-corrected chi connectivity index (χ4v) is 2.17. The molecule has 1 N–H and O–H groups in total. The molecule has 1 heterocycles. The maximum Gasteiger partial charge on any atom is 0.107 e. The molecule has 0 spiro atoms. The van der Waals surface area contributed by atoms with E-state index < -0.39 is 0 Å². The van der Waals surface area contributed by atoms with E-state index in [1.54, 1.807) is 6.20 Å². The normalized spacial score (nSPS) is 12.7. The molecule has 1 atom stereocenters. The van der Waals surface area contributed by atoms with Gasteiger partial charge in [-0.1, -0.05) is 23.8 Å². The summed E-state index contributed by atoms with van der Waals surface area (Å²) in [5.41, 5.74) is 3.67. The Morgan fingerprint density at radius 1 is 1.38 bits per heavy atom. The third-order valence-corrected chi connectivity index (χ3v) is 3.09. The third-order valence-electron chi connectivity index (χ3n) is 2.70. The van der Waals surface area contributed by atoms with E-state index in [2.05, 4.69) is 42.0 Å². The van der Waals surface area contributed by atoms with Gasteiger partial charge in [-0.2, -0.15) is 0 Å². The van der Waals surface area contributed by atoms with Crippen LogP contribution in [0.3, 0.4) is 0 Å². The number of rotatable bonds is 3. The van der Waals surface area contributed by atoms with Gasteiger partial charge < -0.3 is 4.98 Å². The average molecular weight is 235 g/mol. The molecule has 1 aromatic carbocycles. The highest BCUT2D eigenvalue weighted by Crippen LogP contribution is 2.27. The summed E-state index contributed by atoms with van der Waals surface area (Å²) in [6.45, 7) is 4.17. The highest BCUT2D eigenvalue weighted by molar-refractivity contribution is 6.21. The quantitative estimate of drug-likeness (QED) is 0.809. The minimum Gasteiger partial charge on any atom is -0.349 e. The van der Waals surface area contributed by atoms with Gasteiger partial charge in [-0.15, -0.1) is 11.6 Å². The standard InChI is InChI=1S/C13H15ClN2/c1-9-3-4-10(2)11(7-9)12(14)8-13-15-5-6-16-13/h3-7,12H,8H2,1-2H3,(H,15,16). The van der Waals surface area contributed by atoms with E-state index in [0.29, 0.717) is 0 Å². The summed E-state index contributed by atoms with van der Waals surface area (Å²) in [5, 5.41) is -0.0222. The number of imidazole rings is 1. The molecule has 2 rings (SSSR count). The lowest BCUT2D eigenvalue weighted by molar-refractivity contribution is 0.848. The number of aromatic amines is 1. The Labute approximate surface area is 101 Å². The van der Waals surface area contributed by atoms with Gasteiger partial charge in [0.25, 0.3) is 0 Å². The fourth-order valence-electron chi connectivity index (χ4n) is 1.79. The molecule has 1 unspecified atom stereocenters. The van der Waals surface area contributed by atoms with E-state index in [-0.39, 0.29) is 5.38 Å². The second kappa shape index (κ2) is 4.71. The number of H-pyrrole nitrogens is 1. The Morgan fingerprint density at radius 2 is 2.19 bits per heavy atom. The predicted molar refractivity (Wildman–Crippen MR) is 66.8 cm³/mol. The van der Waals surface area contributed by atoms with Crippen LogP contribution >= 0.6 is 11.6 Å². The Hall–Kier alpha value is -1.28. The van der Waals surface area contributed by atoms with Crippen molar-refractivity contribution in [1.82, 2.24) is 9.97 Å². The van der Waals surface area contributed by atoms with Crippen molar-refractivity contribution < 1.29 is 0 Å². The van der Waals surface area contributed by atoms with Crippen LogP contribution in [0.25, 0.3) is 0 Å². The van der Waals surface area contributed by atoms with Gasteiger partial charge in [-0.3, -0.25) is 0 Å². The van der Waals surface area contributed by atoms with Crippen LogP contribution in [0, 0.1) is 13.8 Å². The zero-order chi connectivity index (χ0) is 11.5. The Kier molecular flexibility index (Phi) is 3.30. The predicted octanol–water partition coefficient (Wildman–Crippen LogP) is 3.55. The topological polar surface area (TPSA) is 28.7 Å². The van der Waals surface area contributed by atoms with Crippen LogP contribution in [0.2, 0.25) is 0 Å². The van der Waals surface area contributed by atoms with Gasteiger partial charge in [0.15, 0.2) is 0 Å². The number of nitrogens with zero attached hydrogens (tertiary/aromatic N) is 1. The second-order valence-corrected chi connectivity index (χ2v) is 4.59. The first kappa shape index (κ1) is 11.2. The number of hydrogen-bond acceptors (Lipinski definition) is 1. The van der Waals surface area contributed by atoms with E-state index in [1.165, 1.54) is 16.7 Å². The maximum absolute atomic E-state index is 6.41. The molecule has 0 amide bonds. The first-order chi connectivity index (χ1) is 7.66. The lowest BCUT2D eigenvalue weighted by Gasteiger charge is -2.12. The van der Waals surface area contributed by atoms with Crippen molar-refractivity contribution in [1.29, 1.82) is 0 Å². The summed E-state index contributed by atoms with van der Waals surface area (Å²) in [6, 6.07) is 6.37. The van der Waals surface area contributed by atoms with Gasteiger partial charge in [-0.25, -0.2) is 4.98 Å². The monoisotopic (exact) mass is 234 g/mol. The van der Waals surface area contributed by atoms with Crippen LogP contribution in [-0.4, -0.2) is 9.97 Å². The van der Waals surface area contributed by atoms with Gasteiger partial charge in [-0.05, 0) is 25.0 Å². The van der Waals surface area contributed by atoms with Crippen molar-refractivity contribution >= 4 is 11.6 Å². The van der Waals surface area contributed by atoms with Gasteiger partial charge in [0.2, 0.25) is 0 Å². The molecule has 0 fully saturated rings. The lowest BCUT2D eigenvalue weighted by Crippen LogP contribution is -2.00. The summed E-state index contributed by atoms with van der Waals surface area (Å²) in [4.78, 5) is 7.27. The SMILES string of the molecule is Cc1ccc(C)c(C(Cl)Cc2ncc[nH]2)c1. The second-order valence-electron chi connectivity index (χ2n) is 4.07. The Bertz CT molecular complexity index is 463. The number of aryl methyl sites for hydroxylation is 2. The molecule has 0 aliphatic heterocycles. The molecule has 2 nitrogen and oxygen atoms in total. The molecule has 3 heteroatoms. The van der Waals surface area contributed by atoms with Crippen molar-refractivity contribution in [3.63, 3.8) is 0 Å². The van der Waals surface area contributed by atoms with Crippen molar-refractivity contribution in [2.24, 2.45) is 0 Å². The lowest BCUT2D eigenvalue weighted by atomic mass is 10.0. The molecule has 1 aromatic heterocycles. The highest BCUT2D eigenvalue weighted by Gasteiger charge is 2.12. The molecule has 0 radical (unpaired) electrons. The van der Waals surface area contributed by atoms with Crippen LogP contribution < -0.4 is 0 Å². The largest absolute Gasteiger partial charge is 0.349 e. The summed E-state index contributed by atoms with van der Waals surface area (Å²) >= 11 is 6.41. The number of alkyl halides is 1. The van der Waals surface area contributed by atoms with Gasteiger partial charge >= 0.3 is 0 Å². The average Bonchev–Trinajstić information content (AvgIpc) is 2.74. The van der Waals surface area contributed by atoms with Gasteiger partial charge in [0.05, 0.1) is 5.38 Å². The fraction of sp³-hybridized carbons (Fsp3) is 0.308. The maximum atomic E-state index is 6.41. The minimum absolute atomic E-state index is 0.0222. The van der Waals surface area contributed by atoms with E-state index in [9.17, 15) is 0 Å². The number of aromatic nitrogens is 2. The van der Waals surface area contributed by atoms with E-state index >= 15 is 0 Å². The van der Waals surface area contributed by atoms with Gasteiger partial charge in [0.1, 0.15) is 5.82 Å².